The third kappa shape index (κ3) is 3.56. The van der Waals surface area contributed by atoms with Gasteiger partial charge in [0.2, 0.25) is 5.75 Å². The first-order chi connectivity index (χ1) is 10.3. The number of ether oxygens (including phenoxy) is 1. The molecule has 0 aliphatic heterocycles. The van der Waals surface area contributed by atoms with Gasteiger partial charge in [-0.1, -0.05) is 11.6 Å². The summed E-state index contributed by atoms with van der Waals surface area (Å²) < 4.78 is 10.3. The van der Waals surface area contributed by atoms with Crippen molar-refractivity contribution in [3.63, 3.8) is 0 Å². The maximum absolute atomic E-state index is 12.1. The Morgan fingerprint density at radius 1 is 1.45 bits per heavy atom. The number of carbonyl (C=O) groups excluding carboxylic acids is 1. The molecule has 1 atom stereocenters. The van der Waals surface area contributed by atoms with Crippen molar-refractivity contribution in [2.24, 2.45) is 0 Å². The molecule has 0 saturated carbocycles. The third-order valence-corrected chi connectivity index (χ3v) is 4.81. The summed E-state index contributed by atoms with van der Waals surface area (Å²) in [6, 6.07) is 4.62. The van der Waals surface area contributed by atoms with Crippen LogP contribution < -0.4 is 5.63 Å². The highest BCUT2D eigenvalue weighted by Gasteiger charge is 2.31. The topological polar surface area (TPSA) is 76.7 Å². The normalized spacial score (nSPS) is 12.6. The van der Waals surface area contributed by atoms with Crippen molar-refractivity contribution in [3.05, 3.63) is 33.6 Å². The molecule has 22 heavy (non-hydrogen) atoms. The second-order valence-corrected chi connectivity index (χ2v) is 7.44. The predicted octanol–water partition coefficient (Wildman–Crippen LogP) is 2.71. The summed E-state index contributed by atoms with van der Waals surface area (Å²) >= 11 is 5.84. The molecule has 0 aliphatic carbocycles. The molecular formula is C15H16ClO5S+. The molecule has 2 rings (SSSR count). The summed E-state index contributed by atoms with van der Waals surface area (Å²) in [5, 5.41) is 11.1. The zero-order valence-electron chi connectivity index (χ0n) is 12.4. The predicted molar refractivity (Wildman–Crippen MR) is 86.8 cm³/mol. The van der Waals surface area contributed by atoms with Crippen LogP contribution in [0.25, 0.3) is 11.0 Å². The first kappa shape index (κ1) is 16.7. The lowest BCUT2D eigenvalue weighted by molar-refractivity contribution is -0.144. The van der Waals surface area contributed by atoms with Crippen LogP contribution in [0.1, 0.15) is 13.8 Å². The van der Waals surface area contributed by atoms with E-state index in [4.69, 9.17) is 20.8 Å². The summed E-state index contributed by atoms with van der Waals surface area (Å²) in [7, 11) is -0.828. The van der Waals surface area contributed by atoms with E-state index in [1.54, 1.807) is 32.2 Å². The molecule has 1 aromatic heterocycles. The lowest BCUT2D eigenvalue weighted by Gasteiger charge is -2.08. The van der Waals surface area contributed by atoms with Gasteiger partial charge in [-0.3, -0.25) is 0 Å². The van der Waals surface area contributed by atoms with Gasteiger partial charge in [-0.05, 0) is 26.0 Å². The molecule has 1 N–H and O–H groups in total. The Morgan fingerprint density at radius 2 is 2.14 bits per heavy atom. The summed E-state index contributed by atoms with van der Waals surface area (Å²) in [5.74, 6) is -0.586. The van der Waals surface area contributed by atoms with E-state index in [2.05, 4.69) is 0 Å². The van der Waals surface area contributed by atoms with Crippen LogP contribution in [-0.4, -0.2) is 29.2 Å². The monoisotopic (exact) mass is 343 g/mol. The molecule has 2 aromatic rings. The van der Waals surface area contributed by atoms with Gasteiger partial charge in [-0.25, -0.2) is 9.59 Å². The van der Waals surface area contributed by atoms with Crippen molar-refractivity contribution in [1.29, 1.82) is 0 Å². The summed E-state index contributed by atoms with van der Waals surface area (Å²) in [6.45, 7) is 3.49. The van der Waals surface area contributed by atoms with Gasteiger partial charge in [-0.15, -0.1) is 0 Å². The van der Waals surface area contributed by atoms with E-state index in [0.29, 0.717) is 10.4 Å². The van der Waals surface area contributed by atoms with Gasteiger partial charge in [0, 0.05) is 22.0 Å². The Hall–Kier alpha value is -1.66. The number of fused-ring (bicyclic) bond motifs is 1. The summed E-state index contributed by atoms with van der Waals surface area (Å²) in [5.41, 5.74) is -0.462. The number of hydrogen-bond donors (Lipinski definition) is 1. The Bertz CT molecular complexity index is 768. The third-order valence-electron chi connectivity index (χ3n) is 2.85. The average Bonchev–Trinajstić information content (AvgIpc) is 2.36. The van der Waals surface area contributed by atoms with E-state index in [1.807, 2.05) is 0 Å². The Kier molecular flexibility index (Phi) is 5.03. The Morgan fingerprint density at radius 3 is 2.77 bits per heavy atom. The van der Waals surface area contributed by atoms with E-state index in [0.717, 1.165) is 0 Å². The maximum atomic E-state index is 12.1. The summed E-state index contributed by atoms with van der Waals surface area (Å²) in [4.78, 5) is 23.9. The van der Waals surface area contributed by atoms with Crippen LogP contribution in [0.4, 0.5) is 0 Å². The molecule has 0 aliphatic rings. The number of hydrogen-bond acceptors (Lipinski definition) is 5. The van der Waals surface area contributed by atoms with Gasteiger partial charge in [0.25, 0.3) is 4.90 Å². The van der Waals surface area contributed by atoms with Gasteiger partial charge < -0.3 is 14.3 Å². The van der Waals surface area contributed by atoms with Gasteiger partial charge in [0.1, 0.15) is 11.8 Å². The largest absolute Gasteiger partial charge is 0.503 e. The SMILES string of the molecule is CC(C)OC(=O)C[S+](C)c1c(O)c2ccc(Cl)cc2oc1=O. The van der Waals surface area contributed by atoms with E-state index in [1.165, 1.54) is 6.07 Å². The fourth-order valence-electron chi connectivity index (χ4n) is 1.99. The minimum atomic E-state index is -0.828. The van der Waals surface area contributed by atoms with Crippen LogP contribution in [-0.2, 0) is 20.4 Å². The van der Waals surface area contributed by atoms with Gasteiger partial charge in [-0.2, -0.15) is 0 Å². The molecule has 1 unspecified atom stereocenters. The quantitative estimate of drug-likeness (QED) is 0.524. The van der Waals surface area contributed by atoms with Crippen molar-refractivity contribution in [3.8, 4) is 5.75 Å². The molecule has 7 heteroatoms. The van der Waals surface area contributed by atoms with Crippen molar-refractivity contribution in [1.82, 2.24) is 0 Å². The van der Waals surface area contributed by atoms with Crippen LogP contribution in [0.2, 0.25) is 5.02 Å². The van der Waals surface area contributed by atoms with Crippen molar-refractivity contribution < 1.29 is 19.1 Å². The fourth-order valence-corrected chi connectivity index (χ4v) is 3.49. The van der Waals surface area contributed by atoms with Gasteiger partial charge >= 0.3 is 11.6 Å². The molecular weight excluding hydrogens is 328 g/mol. The zero-order valence-corrected chi connectivity index (χ0v) is 14.0. The second-order valence-electron chi connectivity index (χ2n) is 5.03. The highest BCUT2D eigenvalue weighted by Crippen LogP contribution is 2.31. The number of benzene rings is 1. The van der Waals surface area contributed by atoms with E-state index in [-0.39, 0.29) is 28.1 Å². The number of aromatic hydroxyl groups is 1. The summed E-state index contributed by atoms with van der Waals surface area (Å²) in [6.07, 6.45) is 1.46. The van der Waals surface area contributed by atoms with Crippen molar-refractivity contribution >= 4 is 39.4 Å². The molecule has 0 spiro atoms. The molecule has 0 amide bonds. The number of esters is 1. The molecule has 0 radical (unpaired) electrons. The minimum absolute atomic E-state index is 0.00952. The van der Waals surface area contributed by atoms with Crippen molar-refractivity contribution in [2.45, 2.75) is 24.8 Å². The van der Waals surface area contributed by atoms with Crippen LogP contribution >= 0.6 is 11.6 Å². The minimum Gasteiger partial charge on any atom is -0.503 e. The van der Waals surface area contributed by atoms with Crippen LogP contribution in [0.15, 0.2) is 32.3 Å². The molecule has 118 valence electrons. The molecule has 1 aromatic carbocycles. The number of halogens is 1. The number of carbonyl (C=O) groups is 1. The van der Waals surface area contributed by atoms with Crippen molar-refractivity contribution in [2.75, 3.05) is 12.0 Å². The lowest BCUT2D eigenvalue weighted by atomic mass is 10.2. The second kappa shape index (κ2) is 6.62. The smallest absolute Gasteiger partial charge is 0.396 e. The lowest BCUT2D eigenvalue weighted by Crippen LogP contribution is -2.24. The van der Waals surface area contributed by atoms with E-state index < -0.39 is 22.5 Å². The zero-order chi connectivity index (χ0) is 16.4. The molecule has 0 bridgehead atoms. The van der Waals surface area contributed by atoms with Crippen LogP contribution in [0, 0.1) is 0 Å². The Balaban J connectivity index is 2.41. The van der Waals surface area contributed by atoms with Crippen LogP contribution in [0.3, 0.4) is 0 Å². The Labute approximate surface area is 135 Å². The highest BCUT2D eigenvalue weighted by molar-refractivity contribution is 7.97. The van der Waals surface area contributed by atoms with Gasteiger partial charge in [0.05, 0.1) is 11.5 Å². The first-order valence-corrected chi connectivity index (χ1v) is 8.75. The maximum Gasteiger partial charge on any atom is 0.396 e. The molecule has 5 nitrogen and oxygen atoms in total. The molecule has 0 fully saturated rings. The van der Waals surface area contributed by atoms with E-state index in [9.17, 15) is 14.7 Å². The molecule has 0 saturated heterocycles. The first-order valence-electron chi connectivity index (χ1n) is 6.57. The standard InChI is InChI=1S/C15H15ClO5S/c1-8(2)20-12(17)7-22(3)14-13(18)10-5-4-9(16)6-11(10)21-15(14)19/h4-6,8H,7H2,1-3H3/p+1. The average molecular weight is 344 g/mol. The van der Waals surface area contributed by atoms with E-state index >= 15 is 0 Å². The van der Waals surface area contributed by atoms with Gasteiger partial charge in [0.15, 0.2) is 5.75 Å². The highest BCUT2D eigenvalue weighted by atomic mass is 35.5. The van der Waals surface area contributed by atoms with Crippen LogP contribution in [0.5, 0.6) is 5.75 Å². The fraction of sp³-hybridized carbons (Fsp3) is 0.333. The number of rotatable bonds is 4. The molecule has 1 heterocycles.